The third-order valence-corrected chi connectivity index (χ3v) is 2.51. The quantitative estimate of drug-likeness (QED) is 0.778. The Morgan fingerprint density at radius 2 is 2.16 bits per heavy atom. The number of para-hydroxylation sites is 1. The number of methoxy groups -OCH3 is 1. The number of ether oxygens (including phenoxy) is 1. The van der Waals surface area contributed by atoms with Crippen molar-refractivity contribution in [2.45, 2.75) is 0 Å². The van der Waals surface area contributed by atoms with Crippen molar-refractivity contribution in [3.8, 4) is 11.5 Å². The van der Waals surface area contributed by atoms with Crippen molar-refractivity contribution in [3.05, 3.63) is 42.1 Å². The molecule has 2 aromatic rings. The lowest BCUT2D eigenvalue weighted by Gasteiger charge is -2.09. The van der Waals surface area contributed by atoms with Gasteiger partial charge in [0.1, 0.15) is 5.82 Å². The summed E-state index contributed by atoms with van der Waals surface area (Å²) in [7, 11) is 1.42. The minimum Gasteiger partial charge on any atom is -0.504 e. The topological polar surface area (TPSA) is 97.5 Å². The number of nitrogen functional groups attached to an aromatic ring is 1. The summed E-state index contributed by atoms with van der Waals surface area (Å²) in [6.45, 7) is 0. The van der Waals surface area contributed by atoms with Crippen molar-refractivity contribution in [1.82, 2.24) is 4.98 Å². The number of hydrogen-bond acceptors (Lipinski definition) is 5. The number of nitrogens with one attached hydrogen (secondary N) is 1. The van der Waals surface area contributed by atoms with E-state index in [2.05, 4.69) is 10.3 Å². The first kappa shape index (κ1) is 12.7. The number of pyridine rings is 1. The molecule has 6 nitrogen and oxygen atoms in total. The highest BCUT2D eigenvalue weighted by Gasteiger charge is 2.14. The van der Waals surface area contributed by atoms with Crippen molar-refractivity contribution in [2.24, 2.45) is 0 Å². The summed E-state index contributed by atoms with van der Waals surface area (Å²) in [4.78, 5) is 15.9. The summed E-state index contributed by atoms with van der Waals surface area (Å²) in [6.07, 6.45) is 1.43. The highest BCUT2D eigenvalue weighted by Crippen LogP contribution is 2.29. The molecule has 2 rings (SSSR count). The maximum absolute atomic E-state index is 12.0. The third kappa shape index (κ3) is 2.74. The van der Waals surface area contributed by atoms with Crippen LogP contribution in [0.15, 0.2) is 36.5 Å². The van der Waals surface area contributed by atoms with Crippen LogP contribution in [-0.2, 0) is 0 Å². The van der Waals surface area contributed by atoms with E-state index in [1.165, 1.54) is 19.4 Å². The van der Waals surface area contributed by atoms with E-state index in [1.807, 2.05) is 0 Å². The Balaban J connectivity index is 2.23. The molecule has 1 amide bonds. The van der Waals surface area contributed by atoms with E-state index in [1.54, 1.807) is 24.3 Å². The number of benzene rings is 1. The maximum Gasteiger partial charge on any atom is 0.259 e. The first-order valence-electron chi connectivity index (χ1n) is 5.50. The van der Waals surface area contributed by atoms with E-state index in [9.17, 15) is 9.90 Å². The van der Waals surface area contributed by atoms with E-state index in [0.717, 1.165) is 0 Å². The minimum atomic E-state index is -0.456. The van der Waals surface area contributed by atoms with Crippen molar-refractivity contribution in [1.29, 1.82) is 0 Å². The number of hydrogen-bond donors (Lipinski definition) is 3. The molecule has 0 aliphatic carbocycles. The van der Waals surface area contributed by atoms with E-state index < -0.39 is 5.91 Å². The van der Waals surface area contributed by atoms with Crippen LogP contribution in [0.2, 0.25) is 0 Å². The molecule has 0 spiro atoms. The van der Waals surface area contributed by atoms with Crippen molar-refractivity contribution in [3.63, 3.8) is 0 Å². The van der Waals surface area contributed by atoms with Gasteiger partial charge in [-0.05, 0) is 24.3 Å². The zero-order chi connectivity index (χ0) is 13.8. The van der Waals surface area contributed by atoms with Crippen LogP contribution in [0.4, 0.5) is 11.5 Å². The summed E-state index contributed by atoms with van der Waals surface area (Å²) in [5.74, 6) is -0.0563. The van der Waals surface area contributed by atoms with E-state index in [-0.39, 0.29) is 17.1 Å². The molecule has 0 saturated heterocycles. The first-order valence-corrected chi connectivity index (χ1v) is 5.50. The Hall–Kier alpha value is -2.76. The minimum absolute atomic E-state index is 0.121. The lowest BCUT2D eigenvalue weighted by molar-refractivity contribution is 0.102. The summed E-state index contributed by atoms with van der Waals surface area (Å²) >= 11 is 0. The molecule has 0 saturated carbocycles. The summed E-state index contributed by atoms with van der Waals surface area (Å²) in [5, 5.41) is 12.5. The number of anilines is 2. The Bertz CT molecular complexity index is 597. The standard InChI is InChI=1S/C13H13N3O3/c1-19-10-4-2-3-9(12(10)17)13(18)16-8-5-6-11(14)15-7-8/h2-7,17H,1H3,(H2,14,15)(H,16,18). The smallest absolute Gasteiger partial charge is 0.259 e. The largest absolute Gasteiger partial charge is 0.504 e. The Kier molecular flexibility index (Phi) is 3.51. The van der Waals surface area contributed by atoms with Crippen LogP contribution in [0.5, 0.6) is 11.5 Å². The first-order chi connectivity index (χ1) is 9.11. The monoisotopic (exact) mass is 259 g/mol. The van der Waals surface area contributed by atoms with E-state index in [0.29, 0.717) is 11.5 Å². The summed E-state index contributed by atoms with van der Waals surface area (Å²) in [5.41, 5.74) is 6.06. The van der Waals surface area contributed by atoms with Crippen LogP contribution in [0, 0.1) is 0 Å². The SMILES string of the molecule is COc1cccc(C(=O)Nc2ccc(N)nc2)c1O. The Morgan fingerprint density at radius 3 is 2.79 bits per heavy atom. The molecule has 98 valence electrons. The van der Waals surface area contributed by atoms with Crippen LogP contribution < -0.4 is 15.8 Å². The summed E-state index contributed by atoms with van der Waals surface area (Å²) < 4.78 is 4.94. The number of nitrogens with zero attached hydrogens (tertiary/aromatic N) is 1. The number of aromatic hydroxyl groups is 1. The second-order valence-electron chi connectivity index (χ2n) is 3.78. The molecule has 19 heavy (non-hydrogen) atoms. The van der Waals surface area contributed by atoms with Crippen LogP contribution in [0.3, 0.4) is 0 Å². The molecule has 0 unspecified atom stereocenters. The number of amides is 1. The summed E-state index contributed by atoms with van der Waals surface area (Å²) in [6, 6.07) is 7.88. The number of carbonyl (C=O) groups excluding carboxylic acids is 1. The average Bonchev–Trinajstić information content (AvgIpc) is 2.41. The van der Waals surface area contributed by atoms with Gasteiger partial charge in [-0.1, -0.05) is 6.07 Å². The molecule has 4 N–H and O–H groups in total. The van der Waals surface area contributed by atoms with Gasteiger partial charge in [-0.2, -0.15) is 0 Å². The molecule has 1 aromatic heterocycles. The lowest BCUT2D eigenvalue weighted by Crippen LogP contribution is -2.12. The number of phenolic OH excluding ortho intramolecular Hbond substituents is 1. The van der Waals surface area contributed by atoms with Gasteiger partial charge in [-0.25, -0.2) is 4.98 Å². The highest BCUT2D eigenvalue weighted by molar-refractivity contribution is 6.06. The van der Waals surface area contributed by atoms with Crippen LogP contribution in [0.1, 0.15) is 10.4 Å². The van der Waals surface area contributed by atoms with Gasteiger partial charge in [0, 0.05) is 0 Å². The number of phenols is 1. The van der Waals surface area contributed by atoms with E-state index >= 15 is 0 Å². The van der Waals surface area contributed by atoms with Gasteiger partial charge in [0.05, 0.1) is 24.6 Å². The highest BCUT2D eigenvalue weighted by atomic mass is 16.5. The van der Waals surface area contributed by atoms with Gasteiger partial charge in [0.2, 0.25) is 0 Å². The molecule has 6 heteroatoms. The molecule has 1 aromatic carbocycles. The third-order valence-electron chi connectivity index (χ3n) is 2.51. The zero-order valence-electron chi connectivity index (χ0n) is 10.3. The van der Waals surface area contributed by atoms with Crippen molar-refractivity contribution < 1.29 is 14.6 Å². The Labute approximate surface area is 109 Å². The van der Waals surface area contributed by atoms with Gasteiger partial charge >= 0.3 is 0 Å². The van der Waals surface area contributed by atoms with Gasteiger partial charge in [-0.15, -0.1) is 0 Å². The molecule has 0 aliphatic rings. The van der Waals surface area contributed by atoms with Crippen LogP contribution >= 0.6 is 0 Å². The second-order valence-corrected chi connectivity index (χ2v) is 3.78. The van der Waals surface area contributed by atoms with Crippen molar-refractivity contribution >= 4 is 17.4 Å². The van der Waals surface area contributed by atoms with Crippen LogP contribution in [0.25, 0.3) is 0 Å². The molecule has 0 bridgehead atoms. The van der Waals surface area contributed by atoms with Crippen molar-refractivity contribution in [2.75, 3.05) is 18.2 Å². The number of aromatic nitrogens is 1. The predicted octanol–water partition coefficient (Wildman–Crippen LogP) is 1.63. The Morgan fingerprint density at radius 1 is 1.37 bits per heavy atom. The molecule has 0 atom stereocenters. The fourth-order valence-corrected chi connectivity index (χ4v) is 1.55. The molecular weight excluding hydrogens is 246 g/mol. The van der Waals surface area contributed by atoms with E-state index in [4.69, 9.17) is 10.5 Å². The second kappa shape index (κ2) is 5.26. The van der Waals surface area contributed by atoms with Gasteiger partial charge in [0.15, 0.2) is 11.5 Å². The zero-order valence-corrected chi connectivity index (χ0v) is 10.3. The molecule has 0 fully saturated rings. The van der Waals surface area contributed by atoms with Gasteiger partial charge in [-0.3, -0.25) is 4.79 Å². The average molecular weight is 259 g/mol. The fourth-order valence-electron chi connectivity index (χ4n) is 1.55. The molecule has 0 aliphatic heterocycles. The lowest BCUT2D eigenvalue weighted by atomic mass is 10.1. The normalized spacial score (nSPS) is 9.95. The number of rotatable bonds is 3. The van der Waals surface area contributed by atoms with Crippen LogP contribution in [-0.4, -0.2) is 23.1 Å². The fraction of sp³-hybridized carbons (Fsp3) is 0.0769. The number of nitrogens with two attached hydrogens (primary N) is 1. The number of carbonyl (C=O) groups is 1. The molecular formula is C13H13N3O3. The molecule has 0 radical (unpaired) electrons. The predicted molar refractivity (Wildman–Crippen MR) is 71.3 cm³/mol. The molecule has 1 heterocycles. The van der Waals surface area contributed by atoms with Gasteiger partial charge < -0.3 is 20.9 Å². The van der Waals surface area contributed by atoms with Gasteiger partial charge in [0.25, 0.3) is 5.91 Å². The maximum atomic E-state index is 12.0.